The molecule has 1 aliphatic carbocycles. The number of hydrogen-bond donors (Lipinski definition) is 1. The first-order chi connectivity index (χ1) is 10.0. The fraction of sp³-hybridized carbons (Fsp3) is 0.778. The smallest absolute Gasteiger partial charge is 0.118 e. The third-order valence-corrected chi connectivity index (χ3v) is 4.41. The lowest BCUT2D eigenvalue weighted by Gasteiger charge is -2.19. The minimum Gasteiger partial charge on any atom is -0.465 e. The molecule has 3 nitrogen and oxygen atoms in total. The van der Waals surface area contributed by atoms with Crippen molar-refractivity contribution in [3.63, 3.8) is 0 Å². The molecule has 1 heterocycles. The van der Waals surface area contributed by atoms with Crippen molar-refractivity contribution in [1.29, 1.82) is 0 Å². The maximum absolute atomic E-state index is 5.93. The lowest BCUT2D eigenvalue weighted by molar-refractivity contribution is 0.249. The molecular weight excluding hydrogens is 260 g/mol. The van der Waals surface area contributed by atoms with Gasteiger partial charge < -0.3 is 9.73 Å². The quantitative estimate of drug-likeness (QED) is 0.786. The molecule has 1 aromatic heterocycles. The maximum atomic E-state index is 5.93. The van der Waals surface area contributed by atoms with Gasteiger partial charge in [0.2, 0.25) is 0 Å². The SMILES string of the molecule is Cc1oc(CN(C)CC2CCCC2)cc1CNCC(C)C. The van der Waals surface area contributed by atoms with Crippen LogP contribution in [0.2, 0.25) is 0 Å². The van der Waals surface area contributed by atoms with Gasteiger partial charge in [0.1, 0.15) is 11.5 Å². The van der Waals surface area contributed by atoms with Gasteiger partial charge >= 0.3 is 0 Å². The molecule has 21 heavy (non-hydrogen) atoms. The molecule has 1 N–H and O–H groups in total. The first-order valence-electron chi connectivity index (χ1n) is 8.52. The highest BCUT2D eigenvalue weighted by Crippen LogP contribution is 2.26. The van der Waals surface area contributed by atoms with Crippen molar-refractivity contribution in [3.05, 3.63) is 23.2 Å². The van der Waals surface area contributed by atoms with E-state index in [2.05, 4.69) is 44.1 Å². The predicted molar refractivity (Wildman–Crippen MR) is 88.3 cm³/mol. The number of aryl methyl sites for hydroxylation is 1. The van der Waals surface area contributed by atoms with E-state index in [1.807, 2.05) is 0 Å². The van der Waals surface area contributed by atoms with Crippen LogP contribution in [0.5, 0.6) is 0 Å². The van der Waals surface area contributed by atoms with Gasteiger partial charge in [-0.3, -0.25) is 4.90 Å². The first kappa shape index (κ1) is 16.6. The van der Waals surface area contributed by atoms with Crippen molar-refractivity contribution in [1.82, 2.24) is 10.2 Å². The molecule has 3 heteroatoms. The molecule has 0 unspecified atom stereocenters. The predicted octanol–water partition coefficient (Wildman–Crippen LogP) is 3.96. The van der Waals surface area contributed by atoms with E-state index in [4.69, 9.17) is 4.42 Å². The molecule has 120 valence electrons. The Kier molecular flexibility index (Phi) is 6.31. The van der Waals surface area contributed by atoms with E-state index in [1.54, 1.807) is 0 Å². The van der Waals surface area contributed by atoms with Crippen molar-refractivity contribution in [2.45, 2.75) is 59.5 Å². The number of furan rings is 1. The van der Waals surface area contributed by atoms with E-state index in [-0.39, 0.29) is 0 Å². The van der Waals surface area contributed by atoms with Crippen molar-refractivity contribution >= 4 is 0 Å². The summed E-state index contributed by atoms with van der Waals surface area (Å²) in [6, 6.07) is 2.23. The summed E-state index contributed by atoms with van der Waals surface area (Å²) in [5.74, 6) is 3.76. The summed E-state index contributed by atoms with van der Waals surface area (Å²) in [6.07, 6.45) is 5.66. The van der Waals surface area contributed by atoms with Gasteiger partial charge in [0.25, 0.3) is 0 Å². The Bertz CT molecular complexity index is 419. The fourth-order valence-electron chi connectivity index (χ4n) is 3.30. The van der Waals surface area contributed by atoms with E-state index in [1.165, 1.54) is 37.8 Å². The van der Waals surface area contributed by atoms with Crippen LogP contribution in [-0.4, -0.2) is 25.0 Å². The zero-order valence-electron chi connectivity index (χ0n) is 14.2. The number of nitrogens with one attached hydrogen (secondary N) is 1. The Balaban J connectivity index is 1.80. The summed E-state index contributed by atoms with van der Waals surface area (Å²) in [5.41, 5.74) is 1.31. The highest BCUT2D eigenvalue weighted by molar-refractivity contribution is 5.20. The first-order valence-corrected chi connectivity index (χ1v) is 8.52. The van der Waals surface area contributed by atoms with E-state index in [0.29, 0.717) is 5.92 Å². The Morgan fingerprint density at radius 3 is 2.71 bits per heavy atom. The van der Waals surface area contributed by atoms with Crippen LogP contribution in [0.15, 0.2) is 10.5 Å². The zero-order chi connectivity index (χ0) is 15.2. The normalized spacial score (nSPS) is 16.5. The van der Waals surface area contributed by atoms with Gasteiger partial charge in [0, 0.05) is 18.7 Å². The van der Waals surface area contributed by atoms with Gasteiger partial charge in [-0.15, -0.1) is 0 Å². The Labute approximate surface area is 130 Å². The molecule has 0 aliphatic heterocycles. The largest absolute Gasteiger partial charge is 0.465 e. The molecule has 0 atom stereocenters. The number of rotatable bonds is 8. The summed E-state index contributed by atoms with van der Waals surface area (Å²) in [5, 5.41) is 3.49. The number of hydrogen-bond acceptors (Lipinski definition) is 3. The second-order valence-corrected chi connectivity index (χ2v) is 7.17. The highest BCUT2D eigenvalue weighted by atomic mass is 16.3. The molecule has 0 bridgehead atoms. The molecule has 2 rings (SSSR count). The molecule has 1 fully saturated rings. The Morgan fingerprint density at radius 1 is 1.33 bits per heavy atom. The average molecular weight is 292 g/mol. The standard InChI is InChI=1S/C18H32N2O/c1-14(2)10-19-11-17-9-18(21-15(17)3)13-20(4)12-16-7-5-6-8-16/h9,14,16,19H,5-8,10-13H2,1-4H3. The van der Waals surface area contributed by atoms with Crippen LogP contribution >= 0.6 is 0 Å². The Hall–Kier alpha value is -0.800. The van der Waals surface area contributed by atoms with Gasteiger partial charge in [0.05, 0.1) is 6.54 Å². The van der Waals surface area contributed by atoms with Crippen LogP contribution in [-0.2, 0) is 13.1 Å². The highest BCUT2D eigenvalue weighted by Gasteiger charge is 2.17. The van der Waals surface area contributed by atoms with E-state index >= 15 is 0 Å². The molecule has 1 aromatic rings. The van der Waals surface area contributed by atoms with Crippen LogP contribution in [0.25, 0.3) is 0 Å². The molecule has 0 amide bonds. The molecule has 0 spiro atoms. The minimum atomic E-state index is 0.689. The number of nitrogens with zero attached hydrogens (tertiary/aromatic N) is 1. The molecule has 0 aromatic carbocycles. The zero-order valence-corrected chi connectivity index (χ0v) is 14.2. The van der Waals surface area contributed by atoms with Gasteiger partial charge in [-0.25, -0.2) is 0 Å². The van der Waals surface area contributed by atoms with E-state index in [9.17, 15) is 0 Å². The van der Waals surface area contributed by atoms with Crippen LogP contribution < -0.4 is 5.32 Å². The topological polar surface area (TPSA) is 28.4 Å². The summed E-state index contributed by atoms with van der Waals surface area (Å²) in [4.78, 5) is 2.42. The third-order valence-electron chi connectivity index (χ3n) is 4.41. The van der Waals surface area contributed by atoms with Crippen LogP contribution in [0.3, 0.4) is 0 Å². The lowest BCUT2D eigenvalue weighted by atomic mass is 10.1. The fourth-order valence-corrected chi connectivity index (χ4v) is 3.30. The minimum absolute atomic E-state index is 0.689. The molecule has 1 aliphatic rings. The second-order valence-electron chi connectivity index (χ2n) is 7.17. The molecule has 1 saturated carbocycles. The van der Waals surface area contributed by atoms with Crippen LogP contribution in [0, 0.1) is 18.8 Å². The molecular formula is C18H32N2O. The van der Waals surface area contributed by atoms with Crippen molar-refractivity contribution in [2.24, 2.45) is 11.8 Å². The van der Waals surface area contributed by atoms with Crippen molar-refractivity contribution in [2.75, 3.05) is 20.1 Å². The van der Waals surface area contributed by atoms with Crippen LogP contribution in [0.1, 0.15) is 56.6 Å². The summed E-state index contributed by atoms with van der Waals surface area (Å²) in [7, 11) is 2.22. The van der Waals surface area contributed by atoms with E-state index < -0.39 is 0 Å². The van der Waals surface area contributed by atoms with Gasteiger partial charge in [0.15, 0.2) is 0 Å². The average Bonchev–Trinajstić information content (AvgIpc) is 3.00. The third kappa shape index (κ3) is 5.48. The maximum Gasteiger partial charge on any atom is 0.118 e. The van der Waals surface area contributed by atoms with Crippen LogP contribution in [0.4, 0.5) is 0 Å². The monoisotopic (exact) mass is 292 g/mol. The van der Waals surface area contributed by atoms with E-state index in [0.717, 1.165) is 37.1 Å². The van der Waals surface area contributed by atoms with Gasteiger partial charge in [-0.2, -0.15) is 0 Å². The summed E-state index contributed by atoms with van der Waals surface area (Å²) < 4.78 is 5.93. The summed E-state index contributed by atoms with van der Waals surface area (Å²) in [6.45, 7) is 10.7. The Morgan fingerprint density at radius 2 is 2.05 bits per heavy atom. The lowest BCUT2D eigenvalue weighted by Crippen LogP contribution is -2.23. The van der Waals surface area contributed by atoms with Gasteiger partial charge in [-0.05, 0) is 51.3 Å². The summed E-state index contributed by atoms with van der Waals surface area (Å²) >= 11 is 0. The van der Waals surface area contributed by atoms with Crippen molar-refractivity contribution in [3.8, 4) is 0 Å². The molecule has 0 radical (unpaired) electrons. The van der Waals surface area contributed by atoms with Gasteiger partial charge in [-0.1, -0.05) is 26.7 Å². The molecule has 0 saturated heterocycles. The van der Waals surface area contributed by atoms with Crippen molar-refractivity contribution < 1.29 is 4.42 Å². The second kappa shape index (κ2) is 8.00.